The number of hydrogen-bond acceptors (Lipinski definition) is 10. The number of carboxylic acid groups (broad SMARTS) is 1. The first kappa shape index (κ1) is 24.1. The highest BCUT2D eigenvalue weighted by molar-refractivity contribution is 8.00. The van der Waals surface area contributed by atoms with Crippen LogP contribution in [-0.2, 0) is 20.8 Å². The third-order valence-electron chi connectivity index (χ3n) is 5.31. The van der Waals surface area contributed by atoms with Crippen molar-refractivity contribution in [1.29, 1.82) is 0 Å². The van der Waals surface area contributed by atoms with Crippen LogP contribution < -0.4 is 10.4 Å². The zero-order chi connectivity index (χ0) is 25.3. The van der Waals surface area contributed by atoms with Crippen molar-refractivity contribution in [3.05, 3.63) is 83.7 Å². The fourth-order valence-electron chi connectivity index (χ4n) is 3.69. The molecule has 3 heterocycles. The van der Waals surface area contributed by atoms with Gasteiger partial charge in [-0.3, -0.25) is 34.7 Å². The lowest BCUT2D eigenvalue weighted by Gasteiger charge is -2.50. The van der Waals surface area contributed by atoms with Crippen LogP contribution in [0.3, 0.4) is 0 Å². The molecule has 1 aromatic carbocycles. The van der Waals surface area contributed by atoms with E-state index in [1.165, 1.54) is 41.3 Å². The zero-order valence-electron chi connectivity index (χ0n) is 17.6. The van der Waals surface area contributed by atoms with Gasteiger partial charge in [0.05, 0.1) is 39.6 Å². The number of allylic oxidation sites excluding steroid dienone is 1. The van der Waals surface area contributed by atoms with Gasteiger partial charge in [0.1, 0.15) is 11.4 Å². The number of nitrogens with zero attached hydrogens (tertiary/aromatic N) is 3. The van der Waals surface area contributed by atoms with Gasteiger partial charge >= 0.3 is 0 Å². The molecule has 0 bridgehead atoms. The number of nitrogens with one attached hydrogen (secondary N) is 1. The Bertz CT molecular complexity index is 1300. The lowest BCUT2D eigenvalue weighted by molar-refractivity contribution is -0.394. The molecule has 2 amide bonds. The number of benzene rings is 1. The zero-order valence-corrected chi connectivity index (χ0v) is 19.2. The second-order valence-electron chi connectivity index (χ2n) is 7.46. The molecular weight excluding hydrogens is 500 g/mol. The fraction of sp³-hybridized carbons (Fsp3) is 0.190. The van der Waals surface area contributed by atoms with Crippen molar-refractivity contribution in [3.8, 4) is 0 Å². The number of nitro groups is 2. The Labute approximate surface area is 205 Å². The van der Waals surface area contributed by atoms with Crippen molar-refractivity contribution >= 4 is 58.3 Å². The van der Waals surface area contributed by atoms with Crippen molar-refractivity contribution in [3.63, 3.8) is 0 Å². The summed E-state index contributed by atoms with van der Waals surface area (Å²) in [4.78, 5) is 59.4. The molecule has 180 valence electrons. The first-order valence-corrected chi connectivity index (χ1v) is 11.9. The highest BCUT2D eigenvalue weighted by Gasteiger charge is 2.52. The van der Waals surface area contributed by atoms with E-state index in [4.69, 9.17) is 0 Å². The molecule has 1 saturated heterocycles. The lowest BCUT2D eigenvalue weighted by Crippen LogP contribution is -2.71. The first-order valence-electron chi connectivity index (χ1n) is 9.99. The molecule has 2 aliphatic rings. The van der Waals surface area contributed by atoms with Crippen LogP contribution in [0.1, 0.15) is 10.4 Å². The molecule has 14 heteroatoms. The van der Waals surface area contributed by atoms with E-state index < -0.39 is 44.5 Å². The number of carbonyl (C=O) groups excluding carboxylic acids is 3. The molecule has 0 radical (unpaired) electrons. The van der Waals surface area contributed by atoms with Crippen LogP contribution in [0.5, 0.6) is 0 Å². The summed E-state index contributed by atoms with van der Waals surface area (Å²) in [5.74, 6) is -2.44. The Morgan fingerprint density at radius 1 is 1.17 bits per heavy atom. The molecule has 0 aliphatic carbocycles. The van der Waals surface area contributed by atoms with Crippen molar-refractivity contribution in [2.75, 3.05) is 5.75 Å². The highest BCUT2D eigenvalue weighted by atomic mass is 32.2. The summed E-state index contributed by atoms with van der Waals surface area (Å²) in [6.45, 7) is 0. The predicted molar refractivity (Wildman–Crippen MR) is 124 cm³/mol. The van der Waals surface area contributed by atoms with Crippen LogP contribution >= 0.6 is 23.1 Å². The minimum atomic E-state index is -1.61. The Hall–Kier alpha value is -4.04. The minimum absolute atomic E-state index is 0.0200. The van der Waals surface area contributed by atoms with Gasteiger partial charge in [-0.1, -0.05) is 12.1 Å². The maximum atomic E-state index is 12.7. The molecule has 12 nitrogen and oxygen atoms in total. The Morgan fingerprint density at radius 2 is 1.94 bits per heavy atom. The molecule has 2 aliphatic heterocycles. The first-order chi connectivity index (χ1) is 16.7. The second kappa shape index (κ2) is 9.68. The standard InChI is InChI=1S/C21H16N4O8S2/c26-16(9-14-2-1-7-34-14)22-17-19(27)23-18(21(28)29)12(10-35-20(17)23)4-3-11-5-6-13(24(30)31)8-15(11)25(32)33/h1-8,17,20H,9-10H2,(H,22,26)(H,28,29)/p-1/b4-3+. The van der Waals surface area contributed by atoms with Crippen LogP contribution in [0.2, 0.25) is 0 Å². The van der Waals surface area contributed by atoms with Crippen LogP contribution in [-0.4, -0.2) is 49.7 Å². The summed E-state index contributed by atoms with van der Waals surface area (Å²) in [6, 6.07) is 5.79. The number of non-ortho nitro benzene ring substituents is 1. The number of carboxylic acids is 1. The number of fused-ring (bicyclic) bond motifs is 1. The van der Waals surface area contributed by atoms with Crippen molar-refractivity contribution < 1.29 is 29.3 Å². The van der Waals surface area contributed by atoms with E-state index in [0.717, 1.165) is 21.9 Å². The third kappa shape index (κ3) is 4.79. The number of thiophene rings is 1. The quantitative estimate of drug-likeness (QED) is 0.308. The van der Waals surface area contributed by atoms with E-state index >= 15 is 0 Å². The van der Waals surface area contributed by atoms with Gasteiger partial charge in [-0.2, -0.15) is 0 Å². The Balaban J connectivity index is 1.55. The summed E-state index contributed by atoms with van der Waals surface area (Å²) < 4.78 is 0. The normalized spacial score (nSPS) is 19.3. The van der Waals surface area contributed by atoms with Crippen molar-refractivity contribution in [2.45, 2.75) is 17.8 Å². The summed E-state index contributed by atoms with van der Waals surface area (Å²) in [7, 11) is 0. The van der Waals surface area contributed by atoms with Gasteiger partial charge in [-0.25, -0.2) is 0 Å². The van der Waals surface area contributed by atoms with Crippen molar-refractivity contribution in [1.82, 2.24) is 10.2 Å². The maximum Gasteiger partial charge on any atom is 0.283 e. The summed E-state index contributed by atoms with van der Waals surface area (Å²) in [5.41, 5.74) is -1.18. The summed E-state index contributed by atoms with van der Waals surface area (Å²) in [5, 5.41) is 37.9. The van der Waals surface area contributed by atoms with E-state index in [1.54, 1.807) is 12.1 Å². The molecule has 35 heavy (non-hydrogen) atoms. The van der Waals surface area contributed by atoms with E-state index in [2.05, 4.69) is 5.32 Å². The molecule has 1 aromatic heterocycles. The molecule has 1 N–H and O–H groups in total. The van der Waals surface area contributed by atoms with E-state index in [-0.39, 0.29) is 34.9 Å². The van der Waals surface area contributed by atoms with Crippen LogP contribution in [0.25, 0.3) is 6.08 Å². The summed E-state index contributed by atoms with van der Waals surface area (Å²) in [6.07, 6.45) is 2.66. The maximum absolute atomic E-state index is 12.7. The Morgan fingerprint density at radius 3 is 2.57 bits per heavy atom. The van der Waals surface area contributed by atoms with E-state index in [9.17, 15) is 39.7 Å². The average molecular weight is 516 g/mol. The van der Waals surface area contributed by atoms with E-state index in [0.29, 0.717) is 0 Å². The molecule has 0 spiro atoms. The smallest absolute Gasteiger partial charge is 0.283 e. The number of β-lactam (4-membered cyclic amide) rings is 1. The second-order valence-corrected chi connectivity index (χ2v) is 9.60. The number of thioether (sulfide) groups is 1. The largest absolute Gasteiger partial charge is 0.543 e. The minimum Gasteiger partial charge on any atom is -0.543 e. The lowest BCUT2D eigenvalue weighted by atomic mass is 10.0. The van der Waals surface area contributed by atoms with Crippen LogP contribution in [0, 0.1) is 20.2 Å². The molecule has 2 atom stereocenters. The van der Waals surface area contributed by atoms with Crippen molar-refractivity contribution in [2.24, 2.45) is 0 Å². The number of carbonyl (C=O) groups is 3. The number of nitro benzene ring substituents is 2. The van der Waals surface area contributed by atoms with Gasteiger partial charge in [0.2, 0.25) is 5.91 Å². The monoisotopic (exact) mass is 515 g/mol. The summed E-state index contributed by atoms with van der Waals surface area (Å²) >= 11 is 2.63. The van der Waals surface area contributed by atoms with E-state index in [1.807, 2.05) is 5.38 Å². The fourth-order valence-corrected chi connectivity index (χ4v) is 5.71. The van der Waals surface area contributed by atoms with Crippen LogP contribution in [0.4, 0.5) is 11.4 Å². The average Bonchev–Trinajstić information content (AvgIpc) is 3.33. The molecule has 2 aromatic rings. The van der Waals surface area contributed by atoms with Gasteiger partial charge in [0.25, 0.3) is 17.3 Å². The molecule has 0 saturated carbocycles. The predicted octanol–water partition coefficient (Wildman–Crippen LogP) is 1.22. The van der Waals surface area contributed by atoms with Crippen LogP contribution in [0.15, 0.2) is 53.1 Å². The SMILES string of the molecule is O=C(Cc1cccs1)NC1C(=O)N2C(C(=O)[O-])=C(/C=C/c3ccc([N+](=O)[O-])cc3[N+](=O)[O-])CSC12. The van der Waals surface area contributed by atoms with Gasteiger partial charge in [0, 0.05) is 16.7 Å². The van der Waals surface area contributed by atoms with Gasteiger partial charge in [-0.05, 0) is 29.2 Å². The third-order valence-corrected chi connectivity index (χ3v) is 7.49. The van der Waals surface area contributed by atoms with Gasteiger partial charge < -0.3 is 15.2 Å². The van der Waals surface area contributed by atoms with Gasteiger partial charge in [-0.15, -0.1) is 23.1 Å². The number of hydrogen-bond donors (Lipinski definition) is 1. The molecule has 4 rings (SSSR count). The number of amides is 2. The molecular formula is C21H15N4O8S2-. The van der Waals surface area contributed by atoms with Gasteiger partial charge in [0.15, 0.2) is 0 Å². The molecule has 1 fully saturated rings. The highest BCUT2D eigenvalue weighted by Crippen LogP contribution is 2.40. The Kier molecular flexibility index (Phi) is 6.66. The topological polar surface area (TPSA) is 176 Å². The molecule has 2 unspecified atom stereocenters. The number of rotatable bonds is 8. The number of aliphatic carboxylic acids is 1.